The van der Waals surface area contributed by atoms with Crippen molar-refractivity contribution < 1.29 is 18.9 Å². The number of nitrogens with zero attached hydrogens (tertiary/aromatic N) is 1. The number of fused-ring (bicyclic) bond motifs is 1. The molecular weight excluding hydrogens is 370 g/mol. The number of rotatable bonds is 8. The predicted molar refractivity (Wildman–Crippen MR) is 114 cm³/mol. The van der Waals surface area contributed by atoms with Crippen LogP contribution >= 0.6 is 0 Å². The van der Waals surface area contributed by atoms with Crippen LogP contribution in [0.25, 0.3) is 0 Å². The minimum Gasteiger partial charge on any atom is -0.496 e. The third-order valence-electron chi connectivity index (χ3n) is 6.19. The lowest BCUT2D eigenvalue weighted by Crippen LogP contribution is -2.68. The second-order valence-electron chi connectivity index (χ2n) is 8.21. The number of guanidine groups is 1. The average Bonchev–Trinajstić information content (AvgIpc) is 3.18. The Labute approximate surface area is 174 Å². The molecule has 0 amide bonds. The van der Waals surface area contributed by atoms with E-state index >= 15 is 0 Å². The molecule has 1 heterocycles. The summed E-state index contributed by atoms with van der Waals surface area (Å²) in [7, 11) is 4.95. The van der Waals surface area contributed by atoms with E-state index in [0.717, 1.165) is 42.6 Å². The lowest BCUT2D eigenvalue weighted by Gasteiger charge is -2.54. The monoisotopic (exact) mass is 405 g/mol. The summed E-state index contributed by atoms with van der Waals surface area (Å²) in [4.78, 5) is 4.81. The summed E-state index contributed by atoms with van der Waals surface area (Å²) < 4.78 is 22.3. The Morgan fingerprint density at radius 3 is 2.45 bits per heavy atom. The van der Waals surface area contributed by atoms with Gasteiger partial charge in [-0.05, 0) is 19.8 Å². The number of methoxy groups -OCH3 is 3. The Bertz CT molecular complexity index is 710. The number of hydrogen-bond donors (Lipinski definition) is 2. The summed E-state index contributed by atoms with van der Waals surface area (Å²) in [6, 6.07) is 4.13. The van der Waals surface area contributed by atoms with Crippen LogP contribution < -0.4 is 24.8 Å². The van der Waals surface area contributed by atoms with E-state index in [1.54, 1.807) is 21.3 Å². The number of ether oxygens (including phenoxy) is 4. The highest BCUT2D eigenvalue weighted by Gasteiger charge is 2.59. The Morgan fingerprint density at radius 2 is 1.86 bits per heavy atom. The average molecular weight is 406 g/mol. The molecule has 2 aliphatic rings. The van der Waals surface area contributed by atoms with Crippen LogP contribution in [-0.4, -0.2) is 59.1 Å². The van der Waals surface area contributed by atoms with Gasteiger partial charge in [-0.3, -0.25) is 4.99 Å². The van der Waals surface area contributed by atoms with Crippen LogP contribution in [0, 0.1) is 11.3 Å². The number of nitrogens with one attached hydrogen (secondary N) is 2. The third-order valence-corrected chi connectivity index (χ3v) is 6.19. The molecule has 0 aromatic heterocycles. The van der Waals surface area contributed by atoms with Crippen molar-refractivity contribution in [3.63, 3.8) is 0 Å². The van der Waals surface area contributed by atoms with E-state index in [1.165, 1.54) is 0 Å². The van der Waals surface area contributed by atoms with E-state index in [9.17, 15) is 0 Å². The first-order chi connectivity index (χ1) is 14.0. The topological polar surface area (TPSA) is 73.3 Å². The largest absolute Gasteiger partial charge is 0.496 e. The Balaban J connectivity index is 1.70. The third kappa shape index (κ3) is 4.25. The summed E-state index contributed by atoms with van der Waals surface area (Å²) >= 11 is 0. The maximum absolute atomic E-state index is 5.91. The van der Waals surface area contributed by atoms with E-state index in [0.29, 0.717) is 36.8 Å². The van der Waals surface area contributed by atoms with E-state index in [4.69, 9.17) is 23.9 Å². The molecule has 1 aromatic rings. The number of aliphatic imine (C=N–C) groups is 1. The van der Waals surface area contributed by atoms with Crippen LogP contribution in [0.15, 0.2) is 17.1 Å². The molecule has 7 nitrogen and oxygen atoms in total. The van der Waals surface area contributed by atoms with Gasteiger partial charge in [0.15, 0.2) is 5.96 Å². The van der Waals surface area contributed by atoms with Crippen LogP contribution in [0.5, 0.6) is 17.2 Å². The van der Waals surface area contributed by atoms with Crippen molar-refractivity contribution in [3.05, 3.63) is 17.7 Å². The van der Waals surface area contributed by atoms with Crippen LogP contribution in [-0.2, 0) is 11.2 Å². The predicted octanol–water partition coefficient (Wildman–Crippen LogP) is 2.62. The van der Waals surface area contributed by atoms with Gasteiger partial charge < -0.3 is 29.6 Å². The van der Waals surface area contributed by atoms with Crippen molar-refractivity contribution >= 4 is 5.96 Å². The zero-order chi connectivity index (χ0) is 21.0. The van der Waals surface area contributed by atoms with Gasteiger partial charge in [-0.25, -0.2) is 0 Å². The summed E-state index contributed by atoms with van der Waals surface area (Å²) in [6.45, 7) is 8.92. The molecule has 3 rings (SSSR count). The summed E-state index contributed by atoms with van der Waals surface area (Å²) in [6.07, 6.45) is 2.18. The summed E-state index contributed by atoms with van der Waals surface area (Å²) in [5.74, 6) is 3.63. The molecule has 1 aromatic carbocycles. The van der Waals surface area contributed by atoms with Crippen molar-refractivity contribution in [2.75, 3.05) is 41.0 Å². The minimum atomic E-state index is 0.111. The highest BCUT2D eigenvalue weighted by atomic mass is 16.5. The van der Waals surface area contributed by atoms with Gasteiger partial charge in [-0.15, -0.1) is 0 Å². The van der Waals surface area contributed by atoms with Crippen LogP contribution in [0.3, 0.4) is 0 Å². The van der Waals surface area contributed by atoms with Crippen molar-refractivity contribution in [2.45, 2.75) is 45.8 Å². The van der Waals surface area contributed by atoms with Crippen LogP contribution in [0.4, 0.5) is 0 Å². The first kappa shape index (κ1) is 21.6. The number of hydrogen-bond acceptors (Lipinski definition) is 5. The second kappa shape index (κ2) is 9.11. The van der Waals surface area contributed by atoms with Crippen molar-refractivity contribution in [3.8, 4) is 17.2 Å². The van der Waals surface area contributed by atoms with Gasteiger partial charge in [0.2, 0.25) is 0 Å². The molecule has 162 valence electrons. The van der Waals surface area contributed by atoms with E-state index in [-0.39, 0.29) is 5.41 Å². The van der Waals surface area contributed by atoms with Crippen molar-refractivity contribution in [1.29, 1.82) is 0 Å². The van der Waals surface area contributed by atoms with Gasteiger partial charge in [-0.2, -0.15) is 0 Å². The van der Waals surface area contributed by atoms with Gasteiger partial charge in [0.05, 0.1) is 27.4 Å². The molecule has 1 aliphatic heterocycles. The molecule has 0 radical (unpaired) electrons. The van der Waals surface area contributed by atoms with E-state index in [2.05, 4.69) is 31.4 Å². The molecular formula is C22H35N3O4. The Kier molecular flexibility index (Phi) is 6.77. The Hall–Kier alpha value is -2.15. The molecule has 1 aliphatic carbocycles. The van der Waals surface area contributed by atoms with Gasteiger partial charge in [0.25, 0.3) is 0 Å². The van der Waals surface area contributed by atoms with Crippen LogP contribution in [0.1, 0.15) is 32.8 Å². The molecule has 2 fully saturated rings. The lowest BCUT2D eigenvalue weighted by molar-refractivity contribution is -0.106. The molecule has 2 N–H and O–H groups in total. The second-order valence-corrected chi connectivity index (χ2v) is 8.21. The van der Waals surface area contributed by atoms with Gasteiger partial charge in [0, 0.05) is 54.8 Å². The normalized spacial score (nSPS) is 25.0. The highest BCUT2D eigenvalue weighted by molar-refractivity contribution is 5.80. The number of benzene rings is 1. The minimum absolute atomic E-state index is 0.111. The molecule has 0 bridgehead atoms. The maximum Gasteiger partial charge on any atom is 0.191 e. The molecule has 7 heteroatoms. The first-order valence-corrected chi connectivity index (χ1v) is 10.4. The zero-order valence-corrected chi connectivity index (χ0v) is 18.5. The molecule has 3 unspecified atom stereocenters. The molecule has 1 saturated heterocycles. The smallest absolute Gasteiger partial charge is 0.191 e. The molecule has 1 saturated carbocycles. The van der Waals surface area contributed by atoms with Crippen LogP contribution in [0.2, 0.25) is 0 Å². The van der Waals surface area contributed by atoms with Crippen molar-refractivity contribution in [1.82, 2.24) is 10.6 Å². The van der Waals surface area contributed by atoms with E-state index in [1.807, 2.05) is 12.1 Å². The fourth-order valence-corrected chi connectivity index (χ4v) is 4.69. The van der Waals surface area contributed by atoms with Gasteiger partial charge in [-0.1, -0.05) is 13.8 Å². The molecule has 29 heavy (non-hydrogen) atoms. The van der Waals surface area contributed by atoms with E-state index < -0.39 is 0 Å². The SMILES string of the molecule is CCNC(=NCCc1c(OC)cc(OC)cc1OC)NC1C2CCOC2C1(C)C. The highest BCUT2D eigenvalue weighted by Crippen LogP contribution is 2.52. The lowest BCUT2D eigenvalue weighted by atomic mass is 9.57. The quantitative estimate of drug-likeness (QED) is 0.512. The Morgan fingerprint density at radius 1 is 1.17 bits per heavy atom. The summed E-state index contributed by atoms with van der Waals surface area (Å²) in [5, 5.41) is 7.03. The van der Waals surface area contributed by atoms with Crippen molar-refractivity contribution in [2.24, 2.45) is 16.3 Å². The summed E-state index contributed by atoms with van der Waals surface area (Å²) in [5.41, 5.74) is 1.10. The maximum atomic E-state index is 5.91. The fraction of sp³-hybridized carbons (Fsp3) is 0.682. The fourth-order valence-electron chi connectivity index (χ4n) is 4.69. The zero-order valence-electron chi connectivity index (χ0n) is 18.5. The van der Waals surface area contributed by atoms with Gasteiger partial charge >= 0.3 is 0 Å². The first-order valence-electron chi connectivity index (χ1n) is 10.4. The molecule has 3 atom stereocenters. The molecule has 0 spiro atoms. The van der Waals surface area contributed by atoms with Gasteiger partial charge in [0.1, 0.15) is 17.2 Å². The standard InChI is InChI=1S/C22H35N3O4/c1-7-23-21(25-19-16-9-11-29-20(16)22(19,2)3)24-10-8-15-17(27-5)12-14(26-4)13-18(15)28-6/h12-13,16,19-20H,7-11H2,1-6H3,(H2,23,24,25).